The number of hydrogen-bond acceptors (Lipinski definition) is 3. The number of carbonyl (C=O) groups excluding carboxylic acids is 1. The van der Waals surface area contributed by atoms with E-state index in [9.17, 15) is 4.79 Å². The van der Waals surface area contributed by atoms with Gasteiger partial charge in [0.25, 0.3) is 0 Å². The van der Waals surface area contributed by atoms with Crippen LogP contribution in [0.5, 0.6) is 5.75 Å². The zero-order chi connectivity index (χ0) is 16.1. The maximum absolute atomic E-state index is 12.0. The van der Waals surface area contributed by atoms with Crippen LogP contribution in [0.15, 0.2) is 54.6 Å². The fourth-order valence-electron chi connectivity index (χ4n) is 3.07. The first-order chi connectivity index (χ1) is 11.3. The Kier molecular flexibility index (Phi) is 4.93. The third kappa shape index (κ3) is 3.90. The second kappa shape index (κ2) is 7.29. The third-order valence-corrected chi connectivity index (χ3v) is 4.24. The van der Waals surface area contributed by atoms with E-state index >= 15 is 0 Å². The molecule has 4 heteroatoms. The minimum atomic E-state index is 0.102. The number of ether oxygens (including phenoxy) is 1. The van der Waals surface area contributed by atoms with Gasteiger partial charge in [-0.05, 0) is 23.3 Å². The van der Waals surface area contributed by atoms with Crippen molar-refractivity contribution in [3.63, 3.8) is 0 Å². The SMILES string of the molecule is COc1cccc(CN2CCNC(=O)C[C@@H]2c2ccccc2)c1. The molecule has 23 heavy (non-hydrogen) atoms. The molecule has 1 aliphatic rings. The molecule has 0 radical (unpaired) electrons. The Morgan fingerprint density at radius 2 is 2.00 bits per heavy atom. The van der Waals surface area contributed by atoms with Crippen LogP contribution in [-0.2, 0) is 11.3 Å². The van der Waals surface area contributed by atoms with Gasteiger partial charge in [0.1, 0.15) is 5.75 Å². The van der Waals surface area contributed by atoms with Crippen LogP contribution in [0.1, 0.15) is 23.6 Å². The molecule has 0 aromatic heterocycles. The molecule has 0 unspecified atom stereocenters. The summed E-state index contributed by atoms with van der Waals surface area (Å²) in [6.07, 6.45) is 0.494. The molecule has 1 N–H and O–H groups in total. The summed E-state index contributed by atoms with van der Waals surface area (Å²) in [5.41, 5.74) is 2.38. The predicted molar refractivity (Wildman–Crippen MR) is 90.2 cm³/mol. The Morgan fingerprint density at radius 1 is 1.17 bits per heavy atom. The van der Waals surface area contributed by atoms with Crippen molar-refractivity contribution in [2.75, 3.05) is 20.2 Å². The number of rotatable bonds is 4. The minimum Gasteiger partial charge on any atom is -0.497 e. The van der Waals surface area contributed by atoms with E-state index in [0.29, 0.717) is 13.0 Å². The van der Waals surface area contributed by atoms with Crippen LogP contribution in [-0.4, -0.2) is 31.0 Å². The van der Waals surface area contributed by atoms with E-state index in [2.05, 4.69) is 34.5 Å². The van der Waals surface area contributed by atoms with E-state index in [1.807, 2.05) is 30.3 Å². The summed E-state index contributed by atoms with van der Waals surface area (Å²) in [4.78, 5) is 14.4. The van der Waals surface area contributed by atoms with Gasteiger partial charge in [-0.25, -0.2) is 0 Å². The third-order valence-electron chi connectivity index (χ3n) is 4.24. The Bertz CT molecular complexity index is 657. The maximum Gasteiger partial charge on any atom is 0.221 e. The molecular weight excluding hydrogens is 288 g/mol. The van der Waals surface area contributed by atoms with Gasteiger partial charge >= 0.3 is 0 Å². The number of methoxy groups -OCH3 is 1. The highest BCUT2D eigenvalue weighted by Crippen LogP contribution is 2.27. The summed E-state index contributed by atoms with van der Waals surface area (Å²) < 4.78 is 5.31. The predicted octanol–water partition coefficient (Wildman–Crippen LogP) is 2.76. The number of nitrogens with one attached hydrogen (secondary N) is 1. The van der Waals surface area contributed by atoms with Gasteiger partial charge < -0.3 is 10.1 Å². The van der Waals surface area contributed by atoms with Crippen molar-refractivity contribution in [3.05, 3.63) is 65.7 Å². The van der Waals surface area contributed by atoms with Crippen LogP contribution in [0.25, 0.3) is 0 Å². The van der Waals surface area contributed by atoms with Gasteiger partial charge in [-0.3, -0.25) is 9.69 Å². The summed E-state index contributed by atoms with van der Waals surface area (Å²) in [5, 5.41) is 2.98. The average Bonchev–Trinajstić information content (AvgIpc) is 2.77. The standard InChI is InChI=1S/C19H22N2O2/c1-23-17-9-5-6-15(12-17)14-21-11-10-20-19(22)13-18(21)16-7-3-2-4-8-16/h2-9,12,18H,10-11,13-14H2,1H3,(H,20,22)/t18-/m1/s1. The average molecular weight is 310 g/mol. The van der Waals surface area contributed by atoms with Gasteiger partial charge in [-0.2, -0.15) is 0 Å². The summed E-state index contributed by atoms with van der Waals surface area (Å²) in [7, 11) is 1.68. The van der Waals surface area contributed by atoms with Gasteiger partial charge in [0, 0.05) is 32.1 Å². The van der Waals surface area contributed by atoms with Gasteiger partial charge in [0.2, 0.25) is 5.91 Å². The number of amides is 1. The normalized spacial score (nSPS) is 19.0. The molecule has 1 fully saturated rings. The summed E-state index contributed by atoms with van der Waals surface area (Å²) in [6, 6.07) is 18.5. The van der Waals surface area contributed by atoms with E-state index in [1.54, 1.807) is 7.11 Å². The zero-order valence-electron chi connectivity index (χ0n) is 13.4. The highest BCUT2D eigenvalue weighted by Gasteiger charge is 2.26. The second-order valence-corrected chi connectivity index (χ2v) is 5.80. The van der Waals surface area contributed by atoms with Crippen LogP contribution in [0.4, 0.5) is 0 Å². The molecule has 0 bridgehead atoms. The number of carbonyl (C=O) groups is 1. The lowest BCUT2D eigenvalue weighted by Gasteiger charge is -2.29. The molecule has 2 aromatic carbocycles. The van der Waals surface area contributed by atoms with E-state index in [-0.39, 0.29) is 11.9 Å². The summed E-state index contributed by atoms with van der Waals surface area (Å²) >= 11 is 0. The molecule has 1 amide bonds. The fourth-order valence-corrected chi connectivity index (χ4v) is 3.07. The minimum absolute atomic E-state index is 0.102. The molecule has 0 aliphatic carbocycles. The van der Waals surface area contributed by atoms with Crippen LogP contribution in [0.2, 0.25) is 0 Å². The Balaban J connectivity index is 1.85. The van der Waals surface area contributed by atoms with Crippen molar-refractivity contribution in [3.8, 4) is 5.75 Å². The Hall–Kier alpha value is -2.33. The molecule has 0 saturated carbocycles. The zero-order valence-corrected chi connectivity index (χ0v) is 13.4. The van der Waals surface area contributed by atoms with Crippen molar-refractivity contribution in [2.24, 2.45) is 0 Å². The topological polar surface area (TPSA) is 41.6 Å². The number of hydrogen-bond donors (Lipinski definition) is 1. The molecule has 120 valence electrons. The van der Waals surface area contributed by atoms with E-state index in [4.69, 9.17) is 4.74 Å². The monoisotopic (exact) mass is 310 g/mol. The van der Waals surface area contributed by atoms with E-state index in [0.717, 1.165) is 18.8 Å². The lowest BCUT2D eigenvalue weighted by Crippen LogP contribution is -2.30. The molecule has 0 spiro atoms. The largest absolute Gasteiger partial charge is 0.497 e. The van der Waals surface area contributed by atoms with E-state index < -0.39 is 0 Å². The molecule has 3 rings (SSSR count). The summed E-state index contributed by atoms with van der Waals surface area (Å²) in [6.45, 7) is 2.32. The number of nitrogens with zero attached hydrogens (tertiary/aromatic N) is 1. The molecule has 1 atom stereocenters. The highest BCUT2D eigenvalue weighted by atomic mass is 16.5. The van der Waals surface area contributed by atoms with Crippen molar-refractivity contribution >= 4 is 5.91 Å². The molecular formula is C19H22N2O2. The van der Waals surface area contributed by atoms with Crippen LogP contribution < -0.4 is 10.1 Å². The molecule has 1 saturated heterocycles. The highest BCUT2D eigenvalue weighted by molar-refractivity contribution is 5.77. The fraction of sp³-hybridized carbons (Fsp3) is 0.316. The van der Waals surface area contributed by atoms with Crippen molar-refractivity contribution in [2.45, 2.75) is 19.0 Å². The first-order valence-electron chi connectivity index (χ1n) is 7.95. The molecule has 2 aromatic rings. The van der Waals surface area contributed by atoms with Crippen LogP contribution in [0.3, 0.4) is 0 Å². The maximum atomic E-state index is 12.0. The molecule has 4 nitrogen and oxygen atoms in total. The van der Waals surface area contributed by atoms with Crippen LogP contribution >= 0.6 is 0 Å². The summed E-state index contributed by atoms with van der Waals surface area (Å²) in [5.74, 6) is 0.981. The van der Waals surface area contributed by atoms with Crippen molar-refractivity contribution in [1.82, 2.24) is 10.2 Å². The van der Waals surface area contributed by atoms with Crippen molar-refractivity contribution in [1.29, 1.82) is 0 Å². The van der Waals surface area contributed by atoms with Crippen LogP contribution in [0, 0.1) is 0 Å². The van der Waals surface area contributed by atoms with Gasteiger partial charge in [0.15, 0.2) is 0 Å². The molecule has 1 heterocycles. The van der Waals surface area contributed by atoms with Crippen molar-refractivity contribution < 1.29 is 9.53 Å². The second-order valence-electron chi connectivity index (χ2n) is 5.80. The lowest BCUT2D eigenvalue weighted by atomic mass is 10.0. The first-order valence-corrected chi connectivity index (χ1v) is 7.95. The number of benzene rings is 2. The van der Waals surface area contributed by atoms with Gasteiger partial charge in [-0.1, -0.05) is 42.5 Å². The molecule has 1 aliphatic heterocycles. The Morgan fingerprint density at radius 3 is 2.78 bits per heavy atom. The lowest BCUT2D eigenvalue weighted by molar-refractivity contribution is -0.121. The smallest absolute Gasteiger partial charge is 0.221 e. The Labute approximate surface area is 137 Å². The first kappa shape index (κ1) is 15.6. The van der Waals surface area contributed by atoms with E-state index in [1.165, 1.54) is 11.1 Å². The van der Waals surface area contributed by atoms with Gasteiger partial charge in [0.05, 0.1) is 7.11 Å². The van der Waals surface area contributed by atoms with Gasteiger partial charge in [-0.15, -0.1) is 0 Å². The quantitative estimate of drug-likeness (QED) is 0.944.